The Hall–Kier alpha value is -3.60. The Labute approximate surface area is 172 Å². The van der Waals surface area contributed by atoms with Crippen molar-refractivity contribution in [2.24, 2.45) is 0 Å². The van der Waals surface area contributed by atoms with E-state index in [1.54, 1.807) is 39.0 Å². The third-order valence-electron chi connectivity index (χ3n) is 5.11. The van der Waals surface area contributed by atoms with E-state index in [9.17, 15) is 9.59 Å². The average molecular weight is 410 g/mol. The Bertz CT molecular complexity index is 1080. The third kappa shape index (κ3) is 3.66. The summed E-state index contributed by atoms with van der Waals surface area (Å²) in [5, 5.41) is 23.9. The van der Waals surface area contributed by atoms with Crippen LogP contribution in [0.15, 0.2) is 18.2 Å². The maximum absolute atomic E-state index is 13.0. The first-order valence-electron chi connectivity index (χ1n) is 9.59. The van der Waals surface area contributed by atoms with Crippen LogP contribution in [0.2, 0.25) is 0 Å². The normalized spacial score (nSPS) is 15.9. The van der Waals surface area contributed by atoms with Gasteiger partial charge >= 0.3 is 0 Å². The number of rotatable bonds is 5. The lowest BCUT2D eigenvalue weighted by Crippen LogP contribution is -2.27. The third-order valence-corrected chi connectivity index (χ3v) is 5.11. The standard InChI is InChI=1S/C19H22N8O3/c1-10-13(6-4-7-14(10)20-18(29)15-8-5-9-30-15)17(28)21-16-11(2)24-27(12(16)3)19-22-25-26-23-19/h4,6-7,15H,5,8-9H2,1-3H3,(H,20,29)(H,21,28)(H,22,23,25,26). The summed E-state index contributed by atoms with van der Waals surface area (Å²) in [5.74, 6) is -0.216. The predicted octanol–water partition coefficient (Wildman–Crippen LogP) is 1.68. The van der Waals surface area contributed by atoms with Crippen molar-refractivity contribution in [2.75, 3.05) is 17.2 Å². The highest BCUT2D eigenvalue weighted by Crippen LogP contribution is 2.25. The van der Waals surface area contributed by atoms with Crippen LogP contribution in [-0.2, 0) is 9.53 Å². The van der Waals surface area contributed by atoms with E-state index in [0.29, 0.717) is 46.9 Å². The summed E-state index contributed by atoms with van der Waals surface area (Å²) in [6.45, 7) is 5.97. The van der Waals surface area contributed by atoms with Gasteiger partial charge in [-0.05, 0) is 56.5 Å². The van der Waals surface area contributed by atoms with Crippen LogP contribution in [0.3, 0.4) is 0 Å². The number of aromatic amines is 1. The number of hydrogen-bond donors (Lipinski definition) is 3. The fourth-order valence-corrected chi connectivity index (χ4v) is 3.46. The zero-order valence-electron chi connectivity index (χ0n) is 16.9. The molecule has 11 nitrogen and oxygen atoms in total. The van der Waals surface area contributed by atoms with E-state index in [1.807, 2.05) is 0 Å². The second-order valence-corrected chi connectivity index (χ2v) is 7.09. The molecule has 1 fully saturated rings. The summed E-state index contributed by atoms with van der Waals surface area (Å²) in [7, 11) is 0. The van der Waals surface area contributed by atoms with Crippen molar-refractivity contribution in [1.29, 1.82) is 0 Å². The SMILES string of the molecule is Cc1nn(-c2nn[nH]n2)c(C)c1NC(=O)c1cccc(NC(=O)C2CCCO2)c1C. The zero-order valence-corrected chi connectivity index (χ0v) is 16.9. The molecule has 3 heterocycles. The van der Waals surface area contributed by atoms with Crippen LogP contribution < -0.4 is 10.6 Å². The summed E-state index contributed by atoms with van der Waals surface area (Å²) in [5.41, 5.74) is 3.56. The van der Waals surface area contributed by atoms with Gasteiger partial charge in [-0.2, -0.15) is 15.0 Å². The van der Waals surface area contributed by atoms with Crippen LogP contribution in [0.4, 0.5) is 11.4 Å². The van der Waals surface area contributed by atoms with Gasteiger partial charge in [-0.3, -0.25) is 9.59 Å². The number of anilines is 2. The molecule has 11 heteroatoms. The number of H-pyrrole nitrogens is 1. The number of benzene rings is 1. The maximum Gasteiger partial charge on any atom is 0.290 e. The van der Waals surface area contributed by atoms with E-state index in [-0.39, 0.29) is 17.8 Å². The van der Waals surface area contributed by atoms with Crippen molar-refractivity contribution < 1.29 is 14.3 Å². The van der Waals surface area contributed by atoms with Crippen molar-refractivity contribution in [3.63, 3.8) is 0 Å². The van der Waals surface area contributed by atoms with E-state index in [0.717, 1.165) is 6.42 Å². The molecular weight excluding hydrogens is 388 g/mol. The van der Waals surface area contributed by atoms with E-state index < -0.39 is 6.10 Å². The van der Waals surface area contributed by atoms with Gasteiger partial charge in [0.15, 0.2) is 0 Å². The highest BCUT2D eigenvalue weighted by Gasteiger charge is 2.25. The Morgan fingerprint density at radius 2 is 2.07 bits per heavy atom. The van der Waals surface area contributed by atoms with Gasteiger partial charge < -0.3 is 15.4 Å². The molecule has 2 aromatic heterocycles. The van der Waals surface area contributed by atoms with Gasteiger partial charge in [-0.15, -0.1) is 5.10 Å². The van der Waals surface area contributed by atoms with Crippen LogP contribution in [0.25, 0.3) is 5.95 Å². The Kier molecular flexibility index (Phi) is 5.27. The summed E-state index contributed by atoms with van der Waals surface area (Å²) in [6.07, 6.45) is 1.13. The molecule has 30 heavy (non-hydrogen) atoms. The molecule has 2 amide bonds. The molecule has 1 aliphatic rings. The molecule has 0 bridgehead atoms. The number of nitrogens with one attached hydrogen (secondary N) is 3. The Balaban J connectivity index is 1.55. The number of carbonyl (C=O) groups is 2. The summed E-state index contributed by atoms with van der Waals surface area (Å²) >= 11 is 0. The van der Waals surface area contributed by atoms with Crippen molar-refractivity contribution >= 4 is 23.2 Å². The highest BCUT2D eigenvalue weighted by atomic mass is 16.5. The number of nitrogens with zero attached hydrogens (tertiary/aromatic N) is 5. The minimum absolute atomic E-state index is 0.193. The predicted molar refractivity (Wildman–Crippen MR) is 108 cm³/mol. The molecule has 1 saturated heterocycles. The molecule has 4 rings (SSSR count). The molecule has 156 valence electrons. The quantitative estimate of drug-likeness (QED) is 0.581. The lowest BCUT2D eigenvalue weighted by Gasteiger charge is -2.15. The van der Waals surface area contributed by atoms with Gasteiger partial charge in [0.25, 0.3) is 17.8 Å². The Morgan fingerprint density at radius 3 is 2.77 bits per heavy atom. The lowest BCUT2D eigenvalue weighted by molar-refractivity contribution is -0.124. The van der Waals surface area contributed by atoms with E-state index in [1.165, 1.54) is 4.68 Å². The molecule has 0 spiro atoms. The number of hydrogen-bond acceptors (Lipinski definition) is 7. The number of amides is 2. The zero-order chi connectivity index (χ0) is 21.3. The van der Waals surface area contributed by atoms with Gasteiger partial charge in [0, 0.05) is 17.9 Å². The van der Waals surface area contributed by atoms with Crippen molar-refractivity contribution in [3.05, 3.63) is 40.7 Å². The number of ether oxygens (including phenoxy) is 1. The minimum Gasteiger partial charge on any atom is -0.368 e. The summed E-state index contributed by atoms with van der Waals surface area (Å²) in [6, 6.07) is 5.21. The van der Waals surface area contributed by atoms with E-state index in [2.05, 4.69) is 36.4 Å². The number of carbonyl (C=O) groups excluding carboxylic acids is 2. The molecule has 0 saturated carbocycles. The monoisotopic (exact) mass is 410 g/mol. The first-order valence-corrected chi connectivity index (χ1v) is 9.59. The van der Waals surface area contributed by atoms with Crippen LogP contribution in [-0.4, -0.2) is 54.9 Å². The number of aromatic nitrogens is 6. The summed E-state index contributed by atoms with van der Waals surface area (Å²) in [4.78, 5) is 25.4. The van der Waals surface area contributed by atoms with E-state index >= 15 is 0 Å². The number of aryl methyl sites for hydroxylation is 1. The van der Waals surface area contributed by atoms with Gasteiger partial charge in [0.2, 0.25) is 0 Å². The molecule has 0 radical (unpaired) electrons. The van der Waals surface area contributed by atoms with Crippen molar-refractivity contribution in [2.45, 2.75) is 39.7 Å². The topological polar surface area (TPSA) is 140 Å². The lowest BCUT2D eigenvalue weighted by atomic mass is 10.1. The van der Waals surface area contributed by atoms with Crippen LogP contribution in [0, 0.1) is 20.8 Å². The average Bonchev–Trinajstić information content (AvgIpc) is 3.48. The van der Waals surface area contributed by atoms with Crippen molar-refractivity contribution in [1.82, 2.24) is 30.4 Å². The fraction of sp³-hybridized carbons (Fsp3) is 0.368. The first-order chi connectivity index (χ1) is 14.5. The largest absolute Gasteiger partial charge is 0.368 e. The number of tetrazole rings is 1. The summed E-state index contributed by atoms with van der Waals surface area (Å²) < 4.78 is 6.92. The molecule has 3 N–H and O–H groups in total. The van der Waals surface area contributed by atoms with Crippen LogP contribution >= 0.6 is 0 Å². The van der Waals surface area contributed by atoms with E-state index in [4.69, 9.17) is 4.74 Å². The molecule has 1 unspecified atom stereocenters. The van der Waals surface area contributed by atoms with Gasteiger partial charge in [-0.1, -0.05) is 11.2 Å². The van der Waals surface area contributed by atoms with Gasteiger partial charge in [0.1, 0.15) is 6.10 Å². The molecular formula is C19H22N8O3. The second-order valence-electron chi connectivity index (χ2n) is 7.09. The van der Waals surface area contributed by atoms with Gasteiger partial charge in [-0.25, -0.2) is 0 Å². The van der Waals surface area contributed by atoms with Crippen LogP contribution in [0.1, 0.15) is 40.2 Å². The highest BCUT2D eigenvalue weighted by molar-refractivity contribution is 6.07. The molecule has 1 aliphatic heterocycles. The molecule has 1 atom stereocenters. The molecule has 1 aromatic carbocycles. The Morgan fingerprint density at radius 1 is 1.23 bits per heavy atom. The first kappa shape index (κ1) is 19.7. The fourth-order valence-electron chi connectivity index (χ4n) is 3.46. The molecule has 3 aromatic rings. The maximum atomic E-state index is 13.0. The smallest absolute Gasteiger partial charge is 0.290 e. The van der Waals surface area contributed by atoms with Crippen LogP contribution in [0.5, 0.6) is 0 Å². The second kappa shape index (κ2) is 8.03. The van der Waals surface area contributed by atoms with Gasteiger partial charge in [0.05, 0.1) is 17.1 Å². The van der Waals surface area contributed by atoms with Crippen molar-refractivity contribution in [3.8, 4) is 5.95 Å². The molecule has 0 aliphatic carbocycles. The minimum atomic E-state index is -0.442.